The molecule has 0 bridgehead atoms. The average Bonchev–Trinajstić information content (AvgIpc) is 2.85. The topological polar surface area (TPSA) is 121 Å². The lowest BCUT2D eigenvalue weighted by atomic mass is 10.1. The summed E-state index contributed by atoms with van der Waals surface area (Å²) in [6.45, 7) is 2.62. The molecule has 2 heterocycles. The lowest BCUT2D eigenvalue weighted by Crippen LogP contribution is -2.46. The molecule has 8 nitrogen and oxygen atoms in total. The molecule has 2 rings (SSSR count). The molecule has 1 aromatic rings. The van der Waals surface area contributed by atoms with Crippen molar-refractivity contribution >= 4 is 21.7 Å². The number of carbonyl (C=O) groups excluding carboxylic acids is 1. The Hall–Kier alpha value is -1.61. The van der Waals surface area contributed by atoms with Crippen molar-refractivity contribution in [2.24, 2.45) is 0 Å². The quantitative estimate of drug-likeness (QED) is 0.694. The van der Waals surface area contributed by atoms with Gasteiger partial charge in [-0.2, -0.15) is 5.10 Å². The number of aromatic nitrogens is 2. The molecule has 0 spiro atoms. The van der Waals surface area contributed by atoms with E-state index < -0.39 is 10.0 Å². The first-order valence-corrected chi connectivity index (χ1v) is 8.16. The van der Waals surface area contributed by atoms with Crippen molar-refractivity contribution in [3.05, 3.63) is 11.8 Å². The van der Waals surface area contributed by atoms with E-state index in [2.05, 4.69) is 14.9 Å². The summed E-state index contributed by atoms with van der Waals surface area (Å²) in [5.41, 5.74) is 5.82. The molecule has 0 radical (unpaired) electrons. The number of nitrogen functional groups attached to an aromatic ring is 1. The van der Waals surface area contributed by atoms with Crippen LogP contribution in [0.3, 0.4) is 0 Å². The van der Waals surface area contributed by atoms with Gasteiger partial charge in [-0.25, -0.2) is 13.1 Å². The largest absolute Gasteiger partial charge is 0.382 e. The van der Waals surface area contributed by atoms with Crippen LogP contribution in [0.1, 0.15) is 30.3 Å². The summed E-state index contributed by atoms with van der Waals surface area (Å²) in [6, 6.07) is 1.39. The number of sulfonamides is 1. The molecular weight excluding hydrogens is 282 g/mol. The van der Waals surface area contributed by atoms with Gasteiger partial charge in [0.15, 0.2) is 0 Å². The Morgan fingerprint density at radius 1 is 1.55 bits per heavy atom. The SMILES string of the molecule is CCS(=O)(=O)NC1CCN(C(=O)c2cc(N)n[nH]2)CC1. The molecule has 1 fully saturated rings. The van der Waals surface area contributed by atoms with Crippen molar-refractivity contribution in [3.63, 3.8) is 0 Å². The number of anilines is 1. The zero-order valence-corrected chi connectivity index (χ0v) is 12.1. The Bertz CT molecular complexity index is 575. The minimum Gasteiger partial charge on any atom is -0.382 e. The molecule has 1 aliphatic heterocycles. The number of carbonyl (C=O) groups is 1. The van der Waals surface area contributed by atoms with Crippen LogP contribution in [0.25, 0.3) is 0 Å². The molecule has 1 amide bonds. The van der Waals surface area contributed by atoms with E-state index >= 15 is 0 Å². The van der Waals surface area contributed by atoms with E-state index in [0.29, 0.717) is 31.6 Å². The van der Waals surface area contributed by atoms with Gasteiger partial charge in [-0.1, -0.05) is 0 Å². The maximum Gasteiger partial charge on any atom is 0.271 e. The Balaban J connectivity index is 1.90. The first-order valence-electron chi connectivity index (χ1n) is 6.51. The highest BCUT2D eigenvalue weighted by Crippen LogP contribution is 2.14. The van der Waals surface area contributed by atoms with Crippen molar-refractivity contribution in [2.45, 2.75) is 25.8 Å². The molecular formula is C11H19N5O3S. The fraction of sp³-hybridized carbons (Fsp3) is 0.636. The van der Waals surface area contributed by atoms with Gasteiger partial charge in [0.25, 0.3) is 5.91 Å². The average molecular weight is 301 g/mol. The van der Waals surface area contributed by atoms with Crippen molar-refractivity contribution < 1.29 is 13.2 Å². The van der Waals surface area contributed by atoms with Crippen molar-refractivity contribution in [1.82, 2.24) is 19.8 Å². The van der Waals surface area contributed by atoms with Gasteiger partial charge in [-0.3, -0.25) is 9.89 Å². The minimum absolute atomic E-state index is 0.0690. The minimum atomic E-state index is -3.19. The number of nitrogens with one attached hydrogen (secondary N) is 2. The van der Waals surface area contributed by atoms with E-state index in [-0.39, 0.29) is 23.5 Å². The number of nitrogens with zero attached hydrogens (tertiary/aromatic N) is 2. The van der Waals surface area contributed by atoms with Crippen LogP contribution in [-0.2, 0) is 10.0 Å². The summed E-state index contributed by atoms with van der Waals surface area (Å²) in [5, 5.41) is 6.30. The number of aromatic amines is 1. The second-order valence-corrected chi connectivity index (χ2v) is 6.84. The molecule has 0 saturated carbocycles. The van der Waals surface area contributed by atoms with Crippen LogP contribution < -0.4 is 10.5 Å². The van der Waals surface area contributed by atoms with Gasteiger partial charge in [0, 0.05) is 25.2 Å². The summed E-state index contributed by atoms with van der Waals surface area (Å²) >= 11 is 0. The number of rotatable bonds is 4. The molecule has 1 aliphatic rings. The molecule has 4 N–H and O–H groups in total. The zero-order chi connectivity index (χ0) is 14.8. The summed E-state index contributed by atoms with van der Waals surface area (Å²) in [7, 11) is -3.19. The maximum atomic E-state index is 12.1. The molecule has 112 valence electrons. The molecule has 0 unspecified atom stereocenters. The normalized spacial score (nSPS) is 17.4. The lowest BCUT2D eigenvalue weighted by Gasteiger charge is -2.31. The third kappa shape index (κ3) is 3.48. The lowest BCUT2D eigenvalue weighted by molar-refractivity contribution is 0.0705. The fourth-order valence-corrected chi connectivity index (χ4v) is 3.07. The van der Waals surface area contributed by atoms with Gasteiger partial charge in [0.2, 0.25) is 10.0 Å². The van der Waals surface area contributed by atoms with Crippen LogP contribution in [0.4, 0.5) is 5.82 Å². The number of H-pyrrole nitrogens is 1. The van der Waals surface area contributed by atoms with Crippen molar-refractivity contribution in [2.75, 3.05) is 24.6 Å². The van der Waals surface area contributed by atoms with Gasteiger partial charge >= 0.3 is 0 Å². The summed E-state index contributed by atoms with van der Waals surface area (Å²) in [6.07, 6.45) is 1.21. The van der Waals surface area contributed by atoms with Gasteiger partial charge in [0.1, 0.15) is 11.5 Å². The highest BCUT2D eigenvalue weighted by atomic mass is 32.2. The standard InChI is InChI=1S/C11H19N5O3S/c1-2-20(18,19)15-8-3-5-16(6-4-8)11(17)9-7-10(12)14-13-9/h7-8,15H,2-6H2,1H3,(H3,12,13,14). The van der Waals surface area contributed by atoms with E-state index in [9.17, 15) is 13.2 Å². The van der Waals surface area contributed by atoms with Gasteiger partial charge in [-0.05, 0) is 19.8 Å². The van der Waals surface area contributed by atoms with E-state index in [0.717, 1.165) is 0 Å². The van der Waals surface area contributed by atoms with Crippen LogP contribution in [0.5, 0.6) is 0 Å². The van der Waals surface area contributed by atoms with E-state index in [1.54, 1.807) is 11.8 Å². The van der Waals surface area contributed by atoms with E-state index in [1.165, 1.54) is 6.07 Å². The molecule has 9 heteroatoms. The molecule has 0 atom stereocenters. The van der Waals surface area contributed by atoms with Gasteiger partial charge in [-0.15, -0.1) is 0 Å². The molecule has 0 aliphatic carbocycles. The molecule has 0 aromatic carbocycles. The summed E-state index contributed by atoms with van der Waals surface area (Å²) < 4.78 is 25.6. The summed E-state index contributed by atoms with van der Waals surface area (Å²) in [5.74, 6) is 0.185. The summed E-state index contributed by atoms with van der Waals surface area (Å²) in [4.78, 5) is 13.8. The van der Waals surface area contributed by atoms with E-state index in [1.807, 2.05) is 0 Å². The number of amides is 1. The second-order valence-electron chi connectivity index (χ2n) is 4.79. The van der Waals surface area contributed by atoms with Crippen LogP contribution in [0.15, 0.2) is 6.07 Å². The fourth-order valence-electron chi connectivity index (χ4n) is 2.15. The third-order valence-corrected chi connectivity index (χ3v) is 4.79. The van der Waals surface area contributed by atoms with Crippen LogP contribution in [0.2, 0.25) is 0 Å². The second kappa shape index (κ2) is 5.80. The first-order chi connectivity index (χ1) is 9.41. The predicted octanol–water partition coefficient (Wildman–Crippen LogP) is -0.464. The molecule has 1 saturated heterocycles. The number of nitrogens with two attached hydrogens (primary N) is 1. The Labute approximate surface area is 117 Å². The van der Waals surface area contributed by atoms with Crippen LogP contribution >= 0.6 is 0 Å². The first kappa shape index (κ1) is 14.8. The molecule has 1 aromatic heterocycles. The number of piperidine rings is 1. The predicted molar refractivity (Wildman–Crippen MR) is 74.5 cm³/mol. The monoisotopic (exact) mass is 301 g/mol. The Morgan fingerprint density at radius 3 is 2.70 bits per heavy atom. The highest BCUT2D eigenvalue weighted by Gasteiger charge is 2.26. The highest BCUT2D eigenvalue weighted by molar-refractivity contribution is 7.89. The molecule has 20 heavy (non-hydrogen) atoms. The van der Waals surface area contributed by atoms with Crippen molar-refractivity contribution in [1.29, 1.82) is 0 Å². The Kier molecular flexibility index (Phi) is 4.29. The van der Waals surface area contributed by atoms with Gasteiger partial charge < -0.3 is 10.6 Å². The third-order valence-electron chi connectivity index (χ3n) is 3.34. The zero-order valence-electron chi connectivity index (χ0n) is 11.3. The van der Waals surface area contributed by atoms with Crippen LogP contribution in [-0.4, -0.2) is 54.3 Å². The van der Waals surface area contributed by atoms with Gasteiger partial charge in [0.05, 0.1) is 5.75 Å². The van der Waals surface area contributed by atoms with Crippen molar-refractivity contribution in [3.8, 4) is 0 Å². The number of hydrogen-bond donors (Lipinski definition) is 3. The number of likely N-dealkylation sites (tertiary alicyclic amines) is 1. The smallest absolute Gasteiger partial charge is 0.271 e. The Morgan fingerprint density at radius 2 is 2.20 bits per heavy atom. The maximum absolute atomic E-state index is 12.1. The number of hydrogen-bond acceptors (Lipinski definition) is 5. The van der Waals surface area contributed by atoms with E-state index in [4.69, 9.17) is 5.73 Å². The van der Waals surface area contributed by atoms with Crippen LogP contribution in [0, 0.1) is 0 Å².